The van der Waals surface area contributed by atoms with Gasteiger partial charge >= 0.3 is 0 Å². The van der Waals surface area contributed by atoms with Crippen LogP contribution in [-0.2, 0) is 0 Å². The van der Waals surface area contributed by atoms with Gasteiger partial charge in [-0.2, -0.15) is 0 Å². The van der Waals surface area contributed by atoms with Crippen LogP contribution in [0.3, 0.4) is 0 Å². The molecule has 0 aromatic heterocycles. The molecule has 0 fully saturated rings. The van der Waals surface area contributed by atoms with E-state index in [0.717, 1.165) is 24.1 Å². The van der Waals surface area contributed by atoms with Crippen molar-refractivity contribution in [3.8, 4) is 5.75 Å². The zero-order chi connectivity index (χ0) is 14.5. The molecular weight excluding hydrogens is 324 g/mol. The average molecular weight is 343 g/mol. The van der Waals surface area contributed by atoms with Gasteiger partial charge in [-0.15, -0.1) is 0 Å². The summed E-state index contributed by atoms with van der Waals surface area (Å²) in [6.07, 6.45) is 3.51. The van der Waals surface area contributed by atoms with Gasteiger partial charge in [0.2, 0.25) is 0 Å². The van der Waals surface area contributed by atoms with Crippen LogP contribution in [0.1, 0.15) is 19.3 Å². The molecule has 3 rings (SSSR count). The van der Waals surface area contributed by atoms with Gasteiger partial charge in [-0.25, -0.2) is 0 Å². The molecule has 0 heterocycles. The topological polar surface area (TPSA) is 9.23 Å². The highest BCUT2D eigenvalue weighted by atomic mass is 79.9. The van der Waals surface area contributed by atoms with Gasteiger partial charge in [-0.1, -0.05) is 64.5 Å². The minimum Gasteiger partial charge on any atom is -0.492 e. The number of halogens is 1. The number of alkyl halides is 1. The van der Waals surface area contributed by atoms with Crippen molar-refractivity contribution in [2.45, 2.75) is 19.3 Å². The highest BCUT2D eigenvalue weighted by molar-refractivity contribution is 9.09. The lowest BCUT2D eigenvalue weighted by Crippen LogP contribution is -1.99. The Bertz CT molecular complexity index is 682. The minimum atomic E-state index is 0.783. The van der Waals surface area contributed by atoms with Crippen LogP contribution in [0.4, 0.5) is 0 Å². The van der Waals surface area contributed by atoms with Gasteiger partial charge < -0.3 is 4.74 Å². The van der Waals surface area contributed by atoms with Crippen LogP contribution >= 0.6 is 15.9 Å². The number of rotatable bonds is 6. The smallest absolute Gasteiger partial charge is 0.134 e. The number of hydrogen-bond donors (Lipinski definition) is 0. The maximum absolute atomic E-state index is 6.16. The molecule has 0 bridgehead atoms. The number of hydrogen-bond acceptors (Lipinski definition) is 1. The third-order valence-corrected chi connectivity index (χ3v) is 4.31. The minimum absolute atomic E-state index is 0.783. The Morgan fingerprint density at radius 1 is 0.762 bits per heavy atom. The second-order valence-electron chi connectivity index (χ2n) is 5.25. The van der Waals surface area contributed by atoms with Crippen molar-refractivity contribution in [3.63, 3.8) is 0 Å². The van der Waals surface area contributed by atoms with Crippen LogP contribution in [0.25, 0.3) is 21.5 Å². The molecule has 3 aromatic rings. The van der Waals surface area contributed by atoms with Gasteiger partial charge in [-0.3, -0.25) is 0 Å². The summed E-state index contributed by atoms with van der Waals surface area (Å²) in [6.45, 7) is 0.783. The molecule has 0 spiro atoms. The molecule has 0 unspecified atom stereocenters. The van der Waals surface area contributed by atoms with Crippen molar-refractivity contribution in [2.75, 3.05) is 11.9 Å². The van der Waals surface area contributed by atoms with Gasteiger partial charge in [0.1, 0.15) is 5.75 Å². The van der Waals surface area contributed by atoms with Gasteiger partial charge in [0, 0.05) is 16.1 Å². The molecule has 0 aliphatic heterocycles. The summed E-state index contributed by atoms with van der Waals surface area (Å²) in [5, 5.41) is 5.97. The highest BCUT2D eigenvalue weighted by Gasteiger charge is 2.08. The fourth-order valence-electron chi connectivity index (χ4n) is 2.67. The molecule has 3 aromatic carbocycles. The van der Waals surface area contributed by atoms with E-state index in [1.165, 1.54) is 34.4 Å². The van der Waals surface area contributed by atoms with Gasteiger partial charge in [0.05, 0.1) is 6.61 Å². The largest absolute Gasteiger partial charge is 0.492 e. The molecule has 0 aliphatic carbocycles. The first kappa shape index (κ1) is 14.4. The summed E-state index contributed by atoms with van der Waals surface area (Å²) in [6, 6.07) is 19.2. The van der Waals surface area contributed by atoms with Crippen molar-refractivity contribution in [2.24, 2.45) is 0 Å². The summed E-state index contributed by atoms with van der Waals surface area (Å²) in [5.41, 5.74) is 0. The van der Waals surface area contributed by atoms with Crippen molar-refractivity contribution in [1.82, 2.24) is 0 Å². The van der Waals surface area contributed by atoms with Crippen molar-refractivity contribution in [1.29, 1.82) is 0 Å². The Morgan fingerprint density at radius 2 is 1.38 bits per heavy atom. The fraction of sp³-hybridized carbons (Fsp3) is 0.263. The lowest BCUT2D eigenvalue weighted by atomic mass is 10.0. The van der Waals surface area contributed by atoms with Gasteiger partial charge in [0.15, 0.2) is 0 Å². The highest BCUT2D eigenvalue weighted by Crippen LogP contribution is 2.34. The van der Waals surface area contributed by atoms with E-state index in [1.807, 2.05) is 0 Å². The third kappa shape index (κ3) is 3.21. The number of unbranched alkanes of at least 4 members (excludes halogenated alkanes) is 2. The second-order valence-corrected chi connectivity index (χ2v) is 6.04. The van der Waals surface area contributed by atoms with Crippen molar-refractivity contribution >= 4 is 37.5 Å². The summed E-state index contributed by atoms with van der Waals surface area (Å²) in [4.78, 5) is 0. The summed E-state index contributed by atoms with van der Waals surface area (Å²) >= 11 is 3.47. The molecule has 1 nitrogen and oxygen atoms in total. The second kappa shape index (κ2) is 6.95. The van der Waals surface area contributed by atoms with Crippen LogP contribution in [-0.4, -0.2) is 11.9 Å². The zero-order valence-electron chi connectivity index (χ0n) is 12.0. The predicted molar refractivity (Wildman–Crippen MR) is 94.6 cm³/mol. The molecule has 21 heavy (non-hydrogen) atoms. The number of fused-ring (bicyclic) bond motifs is 2. The lowest BCUT2D eigenvalue weighted by molar-refractivity contribution is 0.313. The maximum Gasteiger partial charge on any atom is 0.134 e. The van der Waals surface area contributed by atoms with Crippen LogP contribution in [0, 0.1) is 0 Å². The van der Waals surface area contributed by atoms with E-state index in [-0.39, 0.29) is 0 Å². The Labute approximate surface area is 134 Å². The normalized spacial score (nSPS) is 11.1. The molecule has 2 heteroatoms. The van der Waals surface area contributed by atoms with E-state index in [1.54, 1.807) is 0 Å². The lowest BCUT2D eigenvalue weighted by Gasteiger charge is -2.13. The van der Waals surface area contributed by atoms with E-state index >= 15 is 0 Å². The van der Waals surface area contributed by atoms with Gasteiger partial charge in [-0.05, 0) is 36.1 Å². The van der Waals surface area contributed by atoms with Crippen molar-refractivity contribution < 1.29 is 4.74 Å². The quantitative estimate of drug-likeness (QED) is 0.306. The maximum atomic E-state index is 6.16. The van der Waals surface area contributed by atoms with E-state index in [2.05, 4.69) is 70.5 Å². The number of benzene rings is 3. The molecule has 108 valence electrons. The van der Waals surface area contributed by atoms with Crippen molar-refractivity contribution in [3.05, 3.63) is 54.6 Å². The Hall–Kier alpha value is -1.54. The first-order valence-corrected chi connectivity index (χ1v) is 8.61. The average Bonchev–Trinajstić information content (AvgIpc) is 2.53. The van der Waals surface area contributed by atoms with Gasteiger partial charge in [0.25, 0.3) is 0 Å². The predicted octanol–water partition coefficient (Wildman–Crippen LogP) is 5.94. The first-order chi connectivity index (χ1) is 10.4. The van der Waals surface area contributed by atoms with E-state index in [9.17, 15) is 0 Å². The zero-order valence-corrected chi connectivity index (χ0v) is 13.6. The molecule has 0 saturated carbocycles. The van der Waals surface area contributed by atoms with Crippen LogP contribution in [0.2, 0.25) is 0 Å². The molecular formula is C19H19BrO. The summed E-state index contributed by atoms with van der Waals surface area (Å²) in [7, 11) is 0. The third-order valence-electron chi connectivity index (χ3n) is 3.75. The van der Waals surface area contributed by atoms with E-state index in [0.29, 0.717) is 0 Å². The fourth-order valence-corrected chi connectivity index (χ4v) is 3.07. The number of ether oxygens (including phenoxy) is 1. The summed E-state index contributed by atoms with van der Waals surface area (Å²) in [5.74, 6) is 1.03. The monoisotopic (exact) mass is 342 g/mol. The Morgan fingerprint density at radius 3 is 2.00 bits per heavy atom. The van der Waals surface area contributed by atoms with E-state index < -0.39 is 0 Å². The van der Waals surface area contributed by atoms with Crippen LogP contribution in [0.15, 0.2) is 54.6 Å². The van der Waals surface area contributed by atoms with E-state index in [4.69, 9.17) is 4.74 Å². The van der Waals surface area contributed by atoms with Crippen LogP contribution < -0.4 is 4.74 Å². The molecule has 0 amide bonds. The molecule has 0 N–H and O–H groups in total. The standard InChI is InChI=1S/C19H19BrO/c20-12-6-1-7-13-21-19-17-10-4-2-8-15(17)14-16-9-3-5-11-18(16)19/h2-5,8-11,14H,1,6-7,12-13H2. The van der Waals surface area contributed by atoms with Crippen LogP contribution in [0.5, 0.6) is 5.75 Å². The first-order valence-electron chi connectivity index (χ1n) is 7.49. The molecule has 0 radical (unpaired) electrons. The molecule has 0 atom stereocenters. The molecule has 0 saturated heterocycles. The Balaban J connectivity index is 1.96. The Kier molecular flexibility index (Phi) is 4.76. The SMILES string of the molecule is BrCCCCCOc1c2ccccc2cc2ccccc12. The summed E-state index contributed by atoms with van der Waals surface area (Å²) < 4.78 is 6.16. The molecule has 0 aliphatic rings.